The summed E-state index contributed by atoms with van der Waals surface area (Å²) in [5.41, 5.74) is 0.391. The van der Waals surface area contributed by atoms with Crippen molar-refractivity contribution in [1.29, 1.82) is 0 Å². The predicted octanol–water partition coefficient (Wildman–Crippen LogP) is 2.59. The summed E-state index contributed by atoms with van der Waals surface area (Å²) in [6.07, 6.45) is 0. The lowest BCUT2D eigenvalue weighted by molar-refractivity contribution is 0.373. The van der Waals surface area contributed by atoms with E-state index in [1.54, 1.807) is 6.07 Å². The fourth-order valence-electron chi connectivity index (χ4n) is 2.34. The molecule has 112 valence electrons. The minimum atomic E-state index is -0.625. The van der Waals surface area contributed by atoms with Crippen LogP contribution in [-0.4, -0.2) is 22.4 Å². The summed E-state index contributed by atoms with van der Waals surface area (Å²) in [5, 5.41) is 29.5. The third-order valence-electron chi connectivity index (χ3n) is 3.30. The zero-order chi connectivity index (χ0) is 15.9. The van der Waals surface area contributed by atoms with Crippen molar-refractivity contribution in [1.82, 2.24) is 0 Å². The number of aromatic hydroxyl groups is 3. The molecule has 0 spiro atoms. The standard InChI is InChI=1S/C16H12O6/c1-21-13-4-8(2-3-11(13)18)10-7-15(20)22-14-6-9(17)5-12(19)16(10)14/h2-7,17-19H,1H3. The predicted molar refractivity (Wildman–Crippen MR) is 79.5 cm³/mol. The number of phenols is 3. The Morgan fingerprint density at radius 1 is 1.00 bits per heavy atom. The van der Waals surface area contributed by atoms with Crippen LogP contribution < -0.4 is 10.4 Å². The van der Waals surface area contributed by atoms with Crippen molar-refractivity contribution < 1.29 is 24.5 Å². The molecule has 0 atom stereocenters. The highest BCUT2D eigenvalue weighted by Crippen LogP contribution is 2.38. The van der Waals surface area contributed by atoms with Crippen molar-refractivity contribution in [3.05, 3.63) is 46.8 Å². The molecule has 3 N–H and O–H groups in total. The van der Waals surface area contributed by atoms with Crippen molar-refractivity contribution in [3.8, 4) is 34.1 Å². The van der Waals surface area contributed by atoms with Crippen molar-refractivity contribution in [2.45, 2.75) is 0 Å². The Morgan fingerprint density at radius 2 is 1.77 bits per heavy atom. The Hall–Kier alpha value is -3.15. The second-order valence-corrected chi connectivity index (χ2v) is 4.70. The SMILES string of the molecule is COc1cc(-c2cc(=O)oc3cc(O)cc(O)c23)ccc1O. The van der Waals surface area contributed by atoms with Crippen LogP contribution in [0.15, 0.2) is 45.6 Å². The van der Waals surface area contributed by atoms with E-state index in [1.807, 2.05) is 0 Å². The molecule has 0 saturated carbocycles. The van der Waals surface area contributed by atoms with Gasteiger partial charge in [0.1, 0.15) is 17.1 Å². The molecule has 3 rings (SSSR count). The highest BCUT2D eigenvalue weighted by molar-refractivity contribution is 5.98. The fraction of sp³-hybridized carbons (Fsp3) is 0.0625. The molecule has 0 radical (unpaired) electrons. The van der Waals surface area contributed by atoms with Gasteiger partial charge in [-0.05, 0) is 17.7 Å². The second-order valence-electron chi connectivity index (χ2n) is 4.70. The first-order chi connectivity index (χ1) is 10.5. The lowest BCUT2D eigenvalue weighted by atomic mass is 10.0. The van der Waals surface area contributed by atoms with Crippen LogP contribution in [0.2, 0.25) is 0 Å². The van der Waals surface area contributed by atoms with E-state index < -0.39 is 5.63 Å². The smallest absolute Gasteiger partial charge is 0.336 e. The van der Waals surface area contributed by atoms with E-state index in [1.165, 1.54) is 31.4 Å². The summed E-state index contributed by atoms with van der Waals surface area (Å²) in [6.45, 7) is 0. The van der Waals surface area contributed by atoms with E-state index in [9.17, 15) is 20.1 Å². The normalized spacial score (nSPS) is 10.8. The number of hydrogen-bond acceptors (Lipinski definition) is 6. The van der Waals surface area contributed by atoms with Gasteiger partial charge in [-0.2, -0.15) is 0 Å². The summed E-state index contributed by atoms with van der Waals surface area (Å²) in [4.78, 5) is 11.7. The maximum Gasteiger partial charge on any atom is 0.336 e. The molecule has 1 aromatic heterocycles. The lowest BCUT2D eigenvalue weighted by Gasteiger charge is -2.10. The Morgan fingerprint density at radius 3 is 2.50 bits per heavy atom. The molecule has 0 bridgehead atoms. The van der Waals surface area contributed by atoms with E-state index in [-0.39, 0.29) is 34.0 Å². The van der Waals surface area contributed by atoms with Crippen LogP contribution in [-0.2, 0) is 0 Å². The van der Waals surface area contributed by atoms with Crippen molar-refractivity contribution >= 4 is 11.0 Å². The monoisotopic (exact) mass is 300 g/mol. The molecule has 3 aromatic rings. The maximum absolute atomic E-state index is 11.7. The van der Waals surface area contributed by atoms with Crippen LogP contribution in [0.5, 0.6) is 23.0 Å². The van der Waals surface area contributed by atoms with Crippen LogP contribution in [0, 0.1) is 0 Å². The lowest BCUT2D eigenvalue weighted by Crippen LogP contribution is -1.98. The molecule has 6 nitrogen and oxygen atoms in total. The van der Waals surface area contributed by atoms with Gasteiger partial charge in [0.05, 0.1) is 12.5 Å². The number of rotatable bonds is 2. The molecule has 0 fully saturated rings. The molecule has 0 aliphatic carbocycles. The van der Waals surface area contributed by atoms with Crippen molar-refractivity contribution in [3.63, 3.8) is 0 Å². The van der Waals surface area contributed by atoms with E-state index >= 15 is 0 Å². The molecule has 0 unspecified atom stereocenters. The van der Waals surface area contributed by atoms with Gasteiger partial charge >= 0.3 is 5.63 Å². The number of methoxy groups -OCH3 is 1. The Bertz CT molecular complexity index is 926. The summed E-state index contributed by atoms with van der Waals surface area (Å²) < 4.78 is 10.1. The van der Waals surface area contributed by atoms with Gasteiger partial charge in [-0.3, -0.25) is 0 Å². The number of phenolic OH excluding ortho intramolecular Hbond substituents is 3. The fourth-order valence-corrected chi connectivity index (χ4v) is 2.34. The zero-order valence-corrected chi connectivity index (χ0v) is 11.5. The highest BCUT2D eigenvalue weighted by Gasteiger charge is 2.14. The molecule has 0 amide bonds. The molecule has 0 saturated heterocycles. The van der Waals surface area contributed by atoms with E-state index in [2.05, 4.69) is 0 Å². The Kier molecular flexibility index (Phi) is 3.14. The Labute approximate surface area is 124 Å². The average Bonchev–Trinajstić information content (AvgIpc) is 2.46. The number of hydrogen-bond donors (Lipinski definition) is 3. The van der Waals surface area contributed by atoms with Crippen LogP contribution >= 0.6 is 0 Å². The van der Waals surface area contributed by atoms with Gasteiger partial charge in [-0.1, -0.05) is 6.07 Å². The topological polar surface area (TPSA) is 100 Å². The molecule has 2 aromatic carbocycles. The first-order valence-corrected chi connectivity index (χ1v) is 6.37. The molecule has 6 heteroatoms. The maximum atomic E-state index is 11.7. The van der Waals surface area contributed by atoms with Gasteiger partial charge in [-0.15, -0.1) is 0 Å². The summed E-state index contributed by atoms with van der Waals surface area (Å²) in [6, 6.07) is 8.17. The molecule has 0 aliphatic heterocycles. The quantitative estimate of drug-likeness (QED) is 0.629. The van der Waals surface area contributed by atoms with Crippen LogP contribution in [0.4, 0.5) is 0 Å². The molecular weight excluding hydrogens is 288 g/mol. The molecule has 1 heterocycles. The third-order valence-corrected chi connectivity index (χ3v) is 3.30. The highest BCUT2D eigenvalue weighted by atomic mass is 16.5. The number of ether oxygens (including phenoxy) is 1. The first-order valence-electron chi connectivity index (χ1n) is 6.37. The minimum absolute atomic E-state index is 0.0413. The van der Waals surface area contributed by atoms with Gasteiger partial charge in [-0.25, -0.2) is 4.79 Å². The largest absolute Gasteiger partial charge is 0.508 e. The van der Waals surface area contributed by atoms with E-state index in [0.29, 0.717) is 11.1 Å². The van der Waals surface area contributed by atoms with Gasteiger partial charge in [0.2, 0.25) is 0 Å². The zero-order valence-electron chi connectivity index (χ0n) is 11.5. The van der Waals surface area contributed by atoms with Gasteiger partial charge in [0, 0.05) is 23.8 Å². The van der Waals surface area contributed by atoms with Crippen molar-refractivity contribution in [2.24, 2.45) is 0 Å². The first kappa shape index (κ1) is 13.8. The van der Waals surface area contributed by atoms with Crippen molar-refractivity contribution in [2.75, 3.05) is 7.11 Å². The molecule has 0 aliphatic rings. The minimum Gasteiger partial charge on any atom is -0.508 e. The summed E-state index contributed by atoms with van der Waals surface area (Å²) in [7, 11) is 1.41. The summed E-state index contributed by atoms with van der Waals surface area (Å²) in [5.74, 6) is -0.244. The van der Waals surface area contributed by atoms with Gasteiger partial charge < -0.3 is 24.5 Å². The molecule has 22 heavy (non-hydrogen) atoms. The average molecular weight is 300 g/mol. The van der Waals surface area contributed by atoms with Gasteiger partial charge in [0.15, 0.2) is 11.5 Å². The van der Waals surface area contributed by atoms with Crippen LogP contribution in [0.25, 0.3) is 22.1 Å². The third kappa shape index (κ3) is 2.20. The van der Waals surface area contributed by atoms with Crippen LogP contribution in [0.1, 0.15) is 0 Å². The summed E-state index contributed by atoms with van der Waals surface area (Å²) >= 11 is 0. The second kappa shape index (κ2) is 5.00. The van der Waals surface area contributed by atoms with Crippen LogP contribution in [0.3, 0.4) is 0 Å². The van der Waals surface area contributed by atoms with E-state index in [0.717, 1.165) is 6.07 Å². The number of benzene rings is 2. The molecular formula is C16H12O6. The van der Waals surface area contributed by atoms with E-state index in [4.69, 9.17) is 9.15 Å². The Balaban J connectivity index is 2.38. The number of fused-ring (bicyclic) bond motifs is 1. The van der Waals surface area contributed by atoms with Gasteiger partial charge in [0.25, 0.3) is 0 Å².